The van der Waals surface area contributed by atoms with Crippen LogP contribution in [0.4, 0.5) is 0 Å². The zero-order valence-electron chi connectivity index (χ0n) is 13.1. The van der Waals surface area contributed by atoms with Gasteiger partial charge in [0.2, 0.25) is 0 Å². The van der Waals surface area contributed by atoms with E-state index in [1.165, 1.54) is 76.6 Å². The summed E-state index contributed by atoms with van der Waals surface area (Å²) in [5, 5.41) is 9.31. The molecule has 0 saturated carbocycles. The Morgan fingerprint density at radius 2 is 1.35 bits per heavy atom. The number of aromatic nitrogens is 2. The average Bonchev–Trinajstić information content (AvgIpc) is 2.47. The van der Waals surface area contributed by atoms with Crippen molar-refractivity contribution >= 4 is 0 Å². The Labute approximate surface area is 123 Å². The zero-order chi connectivity index (χ0) is 14.6. The van der Waals surface area contributed by atoms with Crippen molar-refractivity contribution in [2.75, 3.05) is 0 Å². The van der Waals surface area contributed by atoms with Gasteiger partial charge in [-0.2, -0.15) is 0 Å². The minimum atomic E-state index is 0.157. The summed E-state index contributed by atoms with van der Waals surface area (Å²) in [4.78, 5) is 8.63. The summed E-state index contributed by atoms with van der Waals surface area (Å²) < 4.78 is 0. The molecule has 0 aliphatic rings. The van der Waals surface area contributed by atoms with Crippen molar-refractivity contribution in [2.45, 2.75) is 84.0 Å². The van der Waals surface area contributed by atoms with Gasteiger partial charge in [-0.1, -0.05) is 65.2 Å². The first-order valence-electron chi connectivity index (χ1n) is 8.28. The Morgan fingerprint density at radius 3 is 1.80 bits per heavy atom. The number of nitrogens with zero attached hydrogens (tertiary/aromatic N) is 2. The number of rotatable bonds is 11. The SMILES string of the molecule is CCCCCCC(CCCCCC)c1ncc(O)cn1. The fraction of sp³-hybridized carbons (Fsp3) is 0.765. The maximum Gasteiger partial charge on any atom is 0.152 e. The van der Waals surface area contributed by atoms with E-state index in [1.54, 1.807) is 0 Å². The second-order valence-corrected chi connectivity index (χ2v) is 5.70. The molecule has 1 N–H and O–H groups in total. The third-order valence-electron chi connectivity index (χ3n) is 3.84. The summed E-state index contributed by atoms with van der Waals surface area (Å²) in [6.07, 6.45) is 15.7. The van der Waals surface area contributed by atoms with Crippen molar-refractivity contribution < 1.29 is 5.11 Å². The van der Waals surface area contributed by atoms with Crippen LogP contribution in [-0.4, -0.2) is 15.1 Å². The van der Waals surface area contributed by atoms with Crippen LogP contribution in [0, 0.1) is 0 Å². The van der Waals surface area contributed by atoms with Gasteiger partial charge >= 0.3 is 0 Å². The van der Waals surface area contributed by atoms with E-state index < -0.39 is 0 Å². The fourth-order valence-corrected chi connectivity index (χ4v) is 2.58. The molecule has 3 heteroatoms. The van der Waals surface area contributed by atoms with Crippen molar-refractivity contribution in [1.82, 2.24) is 9.97 Å². The van der Waals surface area contributed by atoms with Crippen LogP contribution in [0.15, 0.2) is 12.4 Å². The van der Waals surface area contributed by atoms with Crippen molar-refractivity contribution in [3.05, 3.63) is 18.2 Å². The minimum absolute atomic E-state index is 0.157. The lowest BCUT2D eigenvalue weighted by Crippen LogP contribution is -2.04. The maximum absolute atomic E-state index is 9.31. The molecule has 0 aliphatic carbocycles. The molecule has 1 aromatic heterocycles. The third kappa shape index (κ3) is 6.88. The summed E-state index contributed by atoms with van der Waals surface area (Å²) >= 11 is 0. The van der Waals surface area contributed by atoms with E-state index >= 15 is 0 Å². The smallest absolute Gasteiger partial charge is 0.152 e. The Bertz CT molecular complexity index is 325. The highest BCUT2D eigenvalue weighted by molar-refractivity contribution is 5.11. The molecule has 0 aliphatic heterocycles. The van der Waals surface area contributed by atoms with Gasteiger partial charge in [-0.15, -0.1) is 0 Å². The molecule has 0 saturated heterocycles. The normalized spacial score (nSPS) is 11.2. The van der Waals surface area contributed by atoms with Crippen LogP contribution in [0.1, 0.15) is 89.8 Å². The number of hydrogen-bond donors (Lipinski definition) is 1. The molecule has 1 heterocycles. The van der Waals surface area contributed by atoms with E-state index in [1.807, 2.05) is 0 Å². The first kappa shape index (κ1) is 16.9. The molecule has 0 amide bonds. The molecular weight excluding hydrogens is 248 g/mol. The summed E-state index contributed by atoms with van der Waals surface area (Å²) in [5.41, 5.74) is 0. The molecule has 0 radical (unpaired) electrons. The average molecular weight is 278 g/mol. The van der Waals surface area contributed by atoms with Gasteiger partial charge in [-0.05, 0) is 12.8 Å². The van der Waals surface area contributed by atoms with Crippen LogP contribution in [0.2, 0.25) is 0 Å². The topological polar surface area (TPSA) is 46.0 Å². The van der Waals surface area contributed by atoms with Crippen LogP contribution in [0.25, 0.3) is 0 Å². The monoisotopic (exact) mass is 278 g/mol. The van der Waals surface area contributed by atoms with Gasteiger partial charge in [0.15, 0.2) is 5.75 Å². The van der Waals surface area contributed by atoms with Crippen molar-refractivity contribution in [3.63, 3.8) is 0 Å². The lowest BCUT2D eigenvalue weighted by atomic mass is 9.93. The summed E-state index contributed by atoms with van der Waals surface area (Å²) in [7, 11) is 0. The highest BCUT2D eigenvalue weighted by Gasteiger charge is 2.14. The lowest BCUT2D eigenvalue weighted by molar-refractivity contribution is 0.456. The largest absolute Gasteiger partial charge is 0.505 e. The van der Waals surface area contributed by atoms with Gasteiger partial charge in [0.25, 0.3) is 0 Å². The van der Waals surface area contributed by atoms with Crippen LogP contribution < -0.4 is 0 Å². The van der Waals surface area contributed by atoms with E-state index in [0.29, 0.717) is 5.92 Å². The first-order chi connectivity index (χ1) is 9.77. The van der Waals surface area contributed by atoms with Crippen molar-refractivity contribution in [1.29, 1.82) is 0 Å². The van der Waals surface area contributed by atoms with Crippen LogP contribution >= 0.6 is 0 Å². The van der Waals surface area contributed by atoms with Crippen LogP contribution in [0.3, 0.4) is 0 Å². The van der Waals surface area contributed by atoms with Crippen LogP contribution in [0.5, 0.6) is 5.75 Å². The molecule has 0 bridgehead atoms. The molecule has 114 valence electrons. The van der Waals surface area contributed by atoms with Gasteiger partial charge in [0.05, 0.1) is 12.4 Å². The van der Waals surface area contributed by atoms with Gasteiger partial charge in [-0.3, -0.25) is 0 Å². The van der Waals surface area contributed by atoms with Gasteiger partial charge < -0.3 is 5.11 Å². The van der Waals surface area contributed by atoms with E-state index in [-0.39, 0.29) is 5.75 Å². The number of hydrogen-bond acceptors (Lipinski definition) is 3. The van der Waals surface area contributed by atoms with Gasteiger partial charge in [-0.25, -0.2) is 9.97 Å². The molecule has 1 rings (SSSR count). The van der Waals surface area contributed by atoms with Crippen LogP contribution in [-0.2, 0) is 0 Å². The predicted molar refractivity (Wildman–Crippen MR) is 84.0 cm³/mol. The van der Waals surface area contributed by atoms with Crippen molar-refractivity contribution in [2.24, 2.45) is 0 Å². The Kier molecular flexibility index (Phi) is 9.01. The molecule has 3 nitrogen and oxygen atoms in total. The minimum Gasteiger partial charge on any atom is -0.505 e. The second-order valence-electron chi connectivity index (χ2n) is 5.70. The molecule has 0 spiro atoms. The molecule has 20 heavy (non-hydrogen) atoms. The molecule has 0 unspecified atom stereocenters. The van der Waals surface area contributed by atoms with Gasteiger partial charge in [0.1, 0.15) is 5.82 Å². The van der Waals surface area contributed by atoms with E-state index in [9.17, 15) is 5.11 Å². The molecule has 0 atom stereocenters. The Morgan fingerprint density at radius 1 is 0.850 bits per heavy atom. The summed E-state index contributed by atoms with van der Waals surface area (Å²) in [5.74, 6) is 1.53. The Balaban J connectivity index is 2.47. The first-order valence-corrected chi connectivity index (χ1v) is 8.28. The summed E-state index contributed by atoms with van der Waals surface area (Å²) in [6.45, 7) is 4.48. The standard InChI is InChI=1S/C17H30N2O/c1-3-5-7-9-11-15(12-10-8-6-4-2)17-18-13-16(20)14-19-17/h13-15,20H,3-12H2,1-2H3. The van der Waals surface area contributed by atoms with Gasteiger partial charge in [0, 0.05) is 5.92 Å². The van der Waals surface area contributed by atoms with E-state index in [2.05, 4.69) is 23.8 Å². The number of unbranched alkanes of at least 4 members (excludes halogenated alkanes) is 6. The highest BCUT2D eigenvalue weighted by atomic mass is 16.3. The van der Waals surface area contributed by atoms with E-state index in [4.69, 9.17) is 0 Å². The quantitative estimate of drug-likeness (QED) is 0.565. The van der Waals surface area contributed by atoms with E-state index in [0.717, 1.165) is 5.82 Å². The summed E-state index contributed by atoms with van der Waals surface area (Å²) in [6, 6.07) is 0. The molecule has 0 fully saturated rings. The fourth-order valence-electron chi connectivity index (χ4n) is 2.58. The molecule has 0 aromatic carbocycles. The Hall–Kier alpha value is -1.12. The maximum atomic E-state index is 9.31. The van der Waals surface area contributed by atoms with Crippen molar-refractivity contribution in [3.8, 4) is 5.75 Å². The lowest BCUT2D eigenvalue weighted by Gasteiger charge is -2.15. The molecular formula is C17H30N2O. The highest BCUT2D eigenvalue weighted by Crippen LogP contribution is 2.26. The molecule has 1 aromatic rings. The third-order valence-corrected chi connectivity index (χ3v) is 3.84. The number of aromatic hydroxyl groups is 1. The predicted octanol–water partition coefficient (Wildman–Crippen LogP) is 5.21. The zero-order valence-corrected chi connectivity index (χ0v) is 13.1. The second kappa shape index (κ2) is 10.6.